The molecule has 4 atom stereocenters. The highest BCUT2D eigenvalue weighted by Gasteiger charge is 2.53. The molecule has 2 rings (SSSR count). The lowest BCUT2D eigenvalue weighted by Crippen LogP contribution is -2.41. The van der Waals surface area contributed by atoms with Gasteiger partial charge in [0.1, 0.15) is 5.92 Å². The lowest BCUT2D eigenvalue weighted by Gasteiger charge is -2.23. The zero-order chi connectivity index (χ0) is 13.9. The van der Waals surface area contributed by atoms with Gasteiger partial charge in [0.05, 0.1) is 18.1 Å². The molecule has 2 heterocycles. The van der Waals surface area contributed by atoms with Crippen molar-refractivity contribution in [1.82, 2.24) is 10.2 Å². The summed E-state index contributed by atoms with van der Waals surface area (Å²) in [5.74, 6) is -2.46. The van der Waals surface area contributed by atoms with Crippen molar-refractivity contribution in [3.8, 4) is 0 Å². The predicted molar refractivity (Wildman–Crippen MR) is 66.1 cm³/mol. The third-order valence-electron chi connectivity index (χ3n) is 2.91. The minimum absolute atomic E-state index is 0.181. The molecule has 18 heavy (non-hydrogen) atoms. The first-order valence-electron chi connectivity index (χ1n) is 5.80. The maximum atomic E-state index is 11.8. The van der Waals surface area contributed by atoms with Crippen LogP contribution in [0.25, 0.3) is 0 Å². The number of carbonyl (C=O) groups is 2. The number of carbonyl (C=O) groups excluding carboxylic acids is 1. The molecule has 1 saturated heterocycles. The molecule has 1 fully saturated rings. The van der Waals surface area contributed by atoms with Crippen LogP contribution in [0.4, 0.5) is 0 Å². The van der Waals surface area contributed by atoms with Crippen molar-refractivity contribution in [3.05, 3.63) is 12.2 Å². The van der Waals surface area contributed by atoms with E-state index >= 15 is 0 Å². The number of amides is 1. The van der Waals surface area contributed by atoms with E-state index in [0.717, 1.165) is 0 Å². The number of aliphatic carboxylic acids is 1. The summed E-state index contributed by atoms with van der Waals surface area (Å²) in [6.45, 7) is 0. The van der Waals surface area contributed by atoms with E-state index in [0.29, 0.717) is 0 Å². The van der Waals surface area contributed by atoms with Crippen LogP contribution in [0.5, 0.6) is 0 Å². The minimum Gasteiger partial charge on any atom is -0.481 e. The number of fused-ring (bicyclic) bond motifs is 2. The SMILES string of the molecule is CN(C)C(=O)C1C(C(=O)O)[C@@H]2C=C[C@H]1O2.CNC. The van der Waals surface area contributed by atoms with Crippen LogP contribution in [0.3, 0.4) is 0 Å². The monoisotopic (exact) mass is 256 g/mol. The van der Waals surface area contributed by atoms with Crippen LogP contribution in [-0.4, -0.2) is 62.3 Å². The largest absolute Gasteiger partial charge is 0.481 e. The van der Waals surface area contributed by atoms with Crippen molar-refractivity contribution in [1.29, 1.82) is 0 Å². The number of hydrogen-bond acceptors (Lipinski definition) is 4. The van der Waals surface area contributed by atoms with Crippen LogP contribution in [0.2, 0.25) is 0 Å². The normalized spacial score (nSPS) is 31.8. The molecule has 0 aromatic carbocycles. The molecule has 2 N–H and O–H groups in total. The van der Waals surface area contributed by atoms with Gasteiger partial charge in [0.15, 0.2) is 0 Å². The fourth-order valence-electron chi connectivity index (χ4n) is 2.19. The summed E-state index contributed by atoms with van der Waals surface area (Å²) in [5, 5.41) is 11.8. The molecular weight excluding hydrogens is 236 g/mol. The van der Waals surface area contributed by atoms with E-state index < -0.39 is 23.9 Å². The fourth-order valence-corrected chi connectivity index (χ4v) is 2.19. The molecule has 2 unspecified atom stereocenters. The lowest BCUT2D eigenvalue weighted by molar-refractivity contribution is -0.148. The Bertz CT molecular complexity index is 354. The quantitative estimate of drug-likeness (QED) is 0.655. The van der Waals surface area contributed by atoms with Crippen molar-refractivity contribution in [2.45, 2.75) is 12.2 Å². The van der Waals surface area contributed by atoms with Gasteiger partial charge in [-0.1, -0.05) is 12.2 Å². The predicted octanol–water partition coefficient (Wildman–Crippen LogP) is -0.436. The smallest absolute Gasteiger partial charge is 0.310 e. The van der Waals surface area contributed by atoms with E-state index in [9.17, 15) is 9.59 Å². The molecule has 0 aromatic heterocycles. The Balaban J connectivity index is 0.000000492. The van der Waals surface area contributed by atoms with Gasteiger partial charge in [-0.2, -0.15) is 0 Å². The zero-order valence-corrected chi connectivity index (χ0v) is 11.1. The molecule has 6 nitrogen and oxygen atoms in total. The topological polar surface area (TPSA) is 78.9 Å². The van der Waals surface area contributed by atoms with E-state index in [2.05, 4.69) is 5.32 Å². The number of carboxylic acids is 1. The third kappa shape index (κ3) is 2.70. The van der Waals surface area contributed by atoms with Crippen LogP contribution in [0.15, 0.2) is 12.2 Å². The van der Waals surface area contributed by atoms with Gasteiger partial charge in [-0.3, -0.25) is 9.59 Å². The van der Waals surface area contributed by atoms with Crippen molar-refractivity contribution in [2.24, 2.45) is 11.8 Å². The van der Waals surface area contributed by atoms with Gasteiger partial charge in [0.25, 0.3) is 0 Å². The number of hydrogen-bond donors (Lipinski definition) is 2. The molecular formula is C12H20N2O4. The van der Waals surface area contributed by atoms with E-state index in [1.165, 1.54) is 4.90 Å². The number of ether oxygens (including phenoxy) is 1. The summed E-state index contributed by atoms with van der Waals surface area (Å²) in [4.78, 5) is 24.3. The Labute approximate surface area is 107 Å². The van der Waals surface area contributed by atoms with E-state index in [4.69, 9.17) is 9.84 Å². The van der Waals surface area contributed by atoms with Crippen molar-refractivity contribution < 1.29 is 19.4 Å². The Morgan fingerprint density at radius 1 is 1.17 bits per heavy atom. The molecule has 0 radical (unpaired) electrons. The van der Waals surface area contributed by atoms with Gasteiger partial charge in [-0.15, -0.1) is 0 Å². The molecule has 0 aliphatic carbocycles. The van der Waals surface area contributed by atoms with E-state index in [1.54, 1.807) is 26.2 Å². The molecule has 6 heteroatoms. The summed E-state index contributed by atoms with van der Waals surface area (Å²) in [7, 11) is 6.99. The summed E-state index contributed by atoms with van der Waals surface area (Å²) < 4.78 is 5.39. The Kier molecular flexibility index (Phi) is 4.86. The summed E-state index contributed by atoms with van der Waals surface area (Å²) in [5.41, 5.74) is 0. The highest BCUT2D eigenvalue weighted by molar-refractivity contribution is 5.87. The molecule has 1 amide bonds. The van der Waals surface area contributed by atoms with Crippen LogP contribution >= 0.6 is 0 Å². The van der Waals surface area contributed by atoms with Gasteiger partial charge in [-0.25, -0.2) is 0 Å². The van der Waals surface area contributed by atoms with E-state index in [1.807, 2.05) is 14.1 Å². The number of rotatable bonds is 2. The van der Waals surface area contributed by atoms with Gasteiger partial charge >= 0.3 is 5.97 Å². The first kappa shape index (κ1) is 14.7. The summed E-state index contributed by atoms with van der Waals surface area (Å²) in [6, 6.07) is 0. The number of nitrogens with one attached hydrogen (secondary N) is 1. The second-order valence-corrected chi connectivity index (χ2v) is 4.57. The van der Waals surface area contributed by atoms with Crippen LogP contribution in [0.1, 0.15) is 0 Å². The first-order valence-corrected chi connectivity index (χ1v) is 5.80. The Hall–Kier alpha value is -1.40. The molecule has 0 aromatic rings. The van der Waals surface area contributed by atoms with E-state index in [-0.39, 0.29) is 12.0 Å². The number of carboxylic acid groups (broad SMARTS) is 1. The summed E-state index contributed by atoms with van der Waals surface area (Å²) >= 11 is 0. The maximum Gasteiger partial charge on any atom is 0.310 e. The molecule has 2 aliphatic heterocycles. The Morgan fingerprint density at radius 2 is 1.61 bits per heavy atom. The summed E-state index contributed by atoms with van der Waals surface area (Å²) in [6.07, 6.45) is 2.69. The average molecular weight is 256 g/mol. The Morgan fingerprint density at radius 3 is 2.00 bits per heavy atom. The second-order valence-electron chi connectivity index (χ2n) is 4.57. The van der Waals surface area contributed by atoms with Crippen LogP contribution in [-0.2, 0) is 14.3 Å². The van der Waals surface area contributed by atoms with Crippen molar-refractivity contribution in [3.63, 3.8) is 0 Å². The molecule has 2 aliphatic rings. The molecule has 0 saturated carbocycles. The van der Waals surface area contributed by atoms with Crippen molar-refractivity contribution in [2.75, 3.05) is 28.2 Å². The molecule has 2 bridgehead atoms. The average Bonchev–Trinajstić information content (AvgIpc) is 2.88. The van der Waals surface area contributed by atoms with Gasteiger partial charge in [-0.05, 0) is 14.1 Å². The zero-order valence-electron chi connectivity index (χ0n) is 11.1. The maximum absolute atomic E-state index is 11.8. The molecule has 102 valence electrons. The lowest BCUT2D eigenvalue weighted by atomic mass is 9.82. The standard InChI is InChI=1S/C10H13NO4.C2H7N/c1-11(2)9(12)7-5-3-4-6(15-5)8(7)10(13)14;1-3-2/h3-8H,1-2H3,(H,13,14);3H,1-2H3/t5-,6+,7?,8?;/m1./s1. The van der Waals surface area contributed by atoms with Crippen LogP contribution in [0, 0.1) is 11.8 Å². The van der Waals surface area contributed by atoms with Crippen LogP contribution < -0.4 is 5.32 Å². The highest BCUT2D eigenvalue weighted by Crippen LogP contribution is 2.39. The third-order valence-corrected chi connectivity index (χ3v) is 2.91. The van der Waals surface area contributed by atoms with Gasteiger partial charge in [0.2, 0.25) is 5.91 Å². The second kappa shape index (κ2) is 5.97. The minimum atomic E-state index is -0.966. The fraction of sp³-hybridized carbons (Fsp3) is 0.667. The number of nitrogens with zero attached hydrogens (tertiary/aromatic N) is 1. The van der Waals surface area contributed by atoms with Gasteiger partial charge < -0.3 is 20.1 Å². The van der Waals surface area contributed by atoms with Crippen molar-refractivity contribution >= 4 is 11.9 Å². The van der Waals surface area contributed by atoms with Gasteiger partial charge in [0, 0.05) is 14.1 Å². The first-order chi connectivity index (χ1) is 8.43. The highest BCUT2D eigenvalue weighted by atomic mass is 16.5. The molecule has 0 spiro atoms.